The Morgan fingerprint density at radius 1 is 1.32 bits per heavy atom. The van der Waals surface area contributed by atoms with E-state index in [9.17, 15) is 5.11 Å². The van der Waals surface area contributed by atoms with Gasteiger partial charge in [-0.3, -0.25) is 0 Å². The van der Waals surface area contributed by atoms with Crippen LogP contribution in [0.1, 0.15) is 20.8 Å². The van der Waals surface area contributed by atoms with E-state index in [-0.39, 0.29) is 12.0 Å². The van der Waals surface area contributed by atoms with Crippen molar-refractivity contribution in [2.24, 2.45) is 5.41 Å². The first-order chi connectivity index (χ1) is 8.78. The van der Waals surface area contributed by atoms with Crippen molar-refractivity contribution >= 4 is 23.2 Å². The van der Waals surface area contributed by atoms with Gasteiger partial charge < -0.3 is 15.2 Å². The van der Waals surface area contributed by atoms with Crippen LogP contribution in [0.15, 0.2) is 18.2 Å². The van der Waals surface area contributed by atoms with Crippen molar-refractivity contribution in [3.63, 3.8) is 0 Å². The molecule has 2 N–H and O–H groups in total. The summed E-state index contributed by atoms with van der Waals surface area (Å²) >= 11 is 11.8. The zero-order valence-corrected chi connectivity index (χ0v) is 13.1. The summed E-state index contributed by atoms with van der Waals surface area (Å²) in [6.45, 7) is 7.93. The van der Waals surface area contributed by atoms with Crippen molar-refractivity contribution in [1.29, 1.82) is 0 Å². The highest BCUT2D eigenvalue weighted by Gasteiger charge is 2.12. The normalized spacial score (nSPS) is 13.4. The second kappa shape index (κ2) is 7.34. The Labute approximate surface area is 124 Å². The molecule has 19 heavy (non-hydrogen) atoms. The summed E-state index contributed by atoms with van der Waals surface area (Å²) in [5.41, 5.74) is 0.195. The van der Waals surface area contributed by atoms with E-state index in [0.717, 1.165) is 6.54 Å². The quantitative estimate of drug-likeness (QED) is 0.846. The molecule has 0 saturated heterocycles. The highest BCUT2D eigenvalue weighted by atomic mass is 35.5. The standard InChI is InChI=1S/C14H21Cl2NO2/c1-14(2,3)9-17-7-11(18)8-19-13-5-4-10(15)6-12(13)16/h4-6,11,17-18H,7-9H2,1-3H3. The monoisotopic (exact) mass is 305 g/mol. The third-order valence-corrected chi connectivity index (χ3v) is 2.89. The van der Waals surface area contributed by atoms with E-state index >= 15 is 0 Å². The SMILES string of the molecule is CC(C)(C)CNCC(O)COc1ccc(Cl)cc1Cl. The Hall–Kier alpha value is -0.480. The van der Waals surface area contributed by atoms with Crippen molar-refractivity contribution in [3.05, 3.63) is 28.2 Å². The lowest BCUT2D eigenvalue weighted by molar-refractivity contribution is 0.104. The molecule has 1 aromatic rings. The molecule has 5 heteroatoms. The summed E-state index contributed by atoms with van der Waals surface area (Å²) < 4.78 is 5.46. The number of aliphatic hydroxyl groups excluding tert-OH is 1. The molecular weight excluding hydrogens is 285 g/mol. The summed E-state index contributed by atoms with van der Waals surface area (Å²) in [5.74, 6) is 0.529. The number of aliphatic hydroxyl groups is 1. The van der Waals surface area contributed by atoms with Crippen LogP contribution in [0.4, 0.5) is 0 Å². The topological polar surface area (TPSA) is 41.5 Å². The van der Waals surface area contributed by atoms with Crippen LogP contribution in [0.5, 0.6) is 5.75 Å². The molecule has 0 aliphatic rings. The predicted octanol–water partition coefficient (Wildman–Crippen LogP) is 3.37. The van der Waals surface area contributed by atoms with Crippen LogP contribution in [0.2, 0.25) is 10.0 Å². The Kier molecular flexibility index (Phi) is 6.40. The number of rotatable bonds is 6. The van der Waals surface area contributed by atoms with Crippen LogP contribution in [-0.4, -0.2) is 30.9 Å². The van der Waals surface area contributed by atoms with Crippen molar-refractivity contribution < 1.29 is 9.84 Å². The summed E-state index contributed by atoms with van der Waals surface area (Å²) in [7, 11) is 0. The number of ether oxygens (including phenoxy) is 1. The van der Waals surface area contributed by atoms with Crippen LogP contribution in [-0.2, 0) is 0 Å². The number of hydrogen-bond donors (Lipinski definition) is 2. The highest BCUT2D eigenvalue weighted by Crippen LogP contribution is 2.27. The fourth-order valence-corrected chi connectivity index (χ4v) is 1.91. The van der Waals surface area contributed by atoms with Gasteiger partial charge in [0.2, 0.25) is 0 Å². The van der Waals surface area contributed by atoms with Crippen LogP contribution in [0.25, 0.3) is 0 Å². The summed E-state index contributed by atoms with van der Waals surface area (Å²) in [6, 6.07) is 5.01. The minimum absolute atomic E-state index is 0.193. The molecule has 3 nitrogen and oxygen atoms in total. The molecule has 0 heterocycles. The minimum atomic E-state index is -0.575. The molecule has 0 radical (unpaired) electrons. The van der Waals surface area contributed by atoms with Gasteiger partial charge in [-0.15, -0.1) is 0 Å². The van der Waals surface area contributed by atoms with Gasteiger partial charge >= 0.3 is 0 Å². The van der Waals surface area contributed by atoms with E-state index in [1.54, 1.807) is 18.2 Å². The first-order valence-corrected chi connectivity index (χ1v) is 7.00. The molecule has 0 saturated carbocycles. The third-order valence-electron chi connectivity index (χ3n) is 2.36. The zero-order chi connectivity index (χ0) is 14.5. The first kappa shape index (κ1) is 16.6. The number of benzene rings is 1. The number of hydrogen-bond acceptors (Lipinski definition) is 3. The van der Waals surface area contributed by atoms with E-state index in [1.165, 1.54) is 0 Å². The van der Waals surface area contributed by atoms with Crippen molar-refractivity contribution in [1.82, 2.24) is 5.32 Å². The molecule has 0 aliphatic heterocycles. The minimum Gasteiger partial charge on any atom is -0.489 e. The summed E-state index contributed by atoms with van der Waals surface area (Å²) in [5, 5.41) is 14.0. The fourth-order valence-electron chi connectivity index (χ4n) is 1.45. The van der Waals surface area contributed by atoms with E-state index in [4.69, 9.17) is 27.9 Å². The van der Waals surface area contributed by atoms with E-state index < -0.39 is 6.10 Å². The van der Waals surface area contributed by atoms with E-state index in [2.05, 4.69) is 26.1 Å². The zero-order valence-electron chi connectivity index (χ0n) is 11.5. The number of halogens is 2. The molecule has 1 atom stereocenters. The van der Waals surface area contributed by atoms with Gasteiger partial charge in [0.1, 0.15) is 18.5 Å². The Balaban J connectivity index is 2.32. The lowest BCUT2D eigenvalue weighted by Crippen LogP contribution is -2.36. The highest BCUT2D eigenvalue weighted by molar-refractivity contribution is 6.35. The van der Waals surface area contributed by atoms with E-state index in [1.807, 2.05) is 0 Å². The molecule has 0 aliphatic carbocycles. The Morgan fingerprint density at radius 3 is 2.58 bits per heavy atom. The maximum Gasteiger partial charge on any atom is 0.138 e. The molecule has 0 amide bonds. The van der Waals surface area contributed by atoms with Gasteiger partial charge in [-0.1, -0.05) is 44.0 Å². The largest absolute Gasteiger partial charge is 0.489 e. The van der Waals surface area contributed by atoms with Crippen LogP contribution in [0.3, 0.4) is 0 Å². The summed E-state index contributed by atoms with van der Waals surface area (Å²) in [6.07, 6.45) is -0.575. The second-order valence-corrected chi connectivity index (χ2v) is 6.57. The summed E-state index contributed by atoms with van der Waals surface area (Å²) in [4.78, 5) is 0. The predicted molar refractivity (Wildman–Crippen MR) is 80.3 cm³/mol. The molecule has 1 unspecified atom stereocenters. The van der Waals surface area contributed by atoms with Crippen LogP contribution in [0, 0.1) is 5.41 Å². The molecule has 1 aromatic carbocycles. The molecule has 0 spiro atoms. The molecule has 0 fully saturated rings. The molecule has 0 bridgehead atoms. The average molecular weight is 306 g/mol. The van der Waals surface area contributed by atoms with Gasteiger partial charge in [-0.25, -0.2) is 0 Å². The van der Waals surface area contributed by atoms with Crippen LogP contribution >= 0.6 is 23.2 Å². The second-order valence-electron chi connectivity index (χ2n) is 5.73. The smallest absolute Gasteiger partial charge is 0.138 e. The first-order valence-electron chi connectivity index (χ1n) is 6.24. The van der Waals surface area contributed by atoms with Gasteiger partial charge in [-0.2, -0.15) is 0 Å². The van der Waals surface area contributed by atoms with Gasteiger partial charge in [0, 0.05) is 18.1 Å². The van der Waals surface area contributed by atoms with Crippen LogP contribution < -0.4 is 10.1 Å². The van der Waals surface area contributed by atoms with Gasteiger partial charge in [0.15, 0.2) is 0 Å². The average Bonchev–Trinajstić information content (AvgIpc) is 2.26. The lowest BCUT2D eigenvalue weighted by Gasteiger charge is -2.20. The maximum absolute atomic E-state index is 9.80. The lowest BCUT2D eigenvalue weighted by atomic mass is 9.97. The fraction of sp³-hybridized carbons (Fsp3) is 0.571. The van der Waals surface area contributed by atoms with Gasteiger partial charge in [-0.05, 0) is 23.6 Å². The van der Waals surface area contributed by atoms with E-state index in [0.29, 0.717) is 22.3 Å². The van der Waals surface area contributed by atoms with Crippen molar-refractivity contribution in [2.75, 3.05) is 19.7 Å². The maximum atomic E-state index is 9.80. The molecule has 0 aromatic heterocycles. The Bertz CT molecular complexity index is 405. The third kappa shape index (κ3) is 7.02. The van der Waals surface area contributed by atoms with Crippen molar-refractivity contribution in [3.8, 4) is 5.75 Å². The molecule has 108 valence electrons. The van der Waals surface area contributed by atoms with Gasteiger partial charge in [0.05, 0.1) is 5.02 Å². The van der Waals surface area contributed by atoms with Gasteiger partial charge in [0.25, 0.3) is 0 Å². The number of nitrogens with one attached hydrogen (secondary N) is 1. The molecule has 1 rings (SSSR count). The Morgan fingerprint density at radius 2 is 2.00 bits per heavy atom. The van der Waals surface area contributed by atoms with Crippen molar-refractivity contribution in [2.45, 2.75) is 26.9 Å². The molecular formula is C14H21Cl2NO2.